The fraction of sp³-hybridized carbons (Fsp3) is 0.125. The zero-order chi connectivity index (χ0) is 15.5. The van der Waals surface area contributed by atoms with Crippen molar-refractivity contribution in [1.82, 2.24) is 4.57 Å². The van der Waals surface area contributed by atoms with Crippen molar-refractivity contribution >= 4 is 22.5 Å². The number of hydrogen-bond donors (Lipinski definition) is 0. The van der Waals surface area contributed by atoms with Gasteiger partial charge in [-0.1, -0.05) is 35.9 Å². The molecule has 5 nitrogen and oxygen atoms in total. The zero-order valence-corrected chi connectivity index (χ0v) is 12.2. The number of halogens is 1. The maximum atomic E-state index is 11.9. The average molecular weight is 318 g/mol. The number of ether oxygens (including phenoxy) is 1. The topological polar surface area (TPSA) is 61.4 Å². The van der Waals surface area contributed by atoms with Gasteiger partial charge in [0.1, 0.15) is 12.4 Å². The highest BCUT2D eigenvalue weighted by molar-refractivity contribution is 6.35. The van der Waals surface area contributed by atoms with E-state index in [2.05, 4.69) is 0 Å². The van der Waals surface area contributed by atoms with Gasteiger partial charge in [-0.2, -0.15) is 0 Å². The molecule has 0 bridgehead atoms. The third-order valence-electron chi connectivity index (χ3n) is 3.20. The van der Waals surface area contributed by atoms with Crippen LogP contribution in [0.2, 0.25) is 5.02 Å². The van der Waals surface area contributed by atoms with E-state index < -0.39 is 11.4 Å². The minimum absolute atomic E-state index is 0.220. The van der Waals surface area contributed by atoms with Gasteiger partial charge < -0.3 is 9.15 Å². The third-order valence-corrected chi connectivity index (χ3v) is 3.51. The second-order valence-corrected chi connectivity index (χ2v) is 5.01. The van der Waals surface area contributed by atoms with Gasteiger partial charge in [0.05, 0.1) is 22.5 Å². The van der Waals surface area contributed by atoms with E-state index in [1.807, 2.05) is 30.3 Å². The second kappa shape index (κ2) is 6.07. The molecule has 0 saturated carbocycles. The maximum absolute atomic E-state index is 11.9. The molecule has 3 aromatic rings. The van der Waals surface area contributed by atoms with E-state index in [9.17, 15) is 9.59 Å². The van der Waals surface area contributed by atoms with Crippen LogP contribution in [0, 0.1) is 0 Å². The van der Waals surface area contributed by atoms with Crippen molar-refractivity contribution in [2.24, 2.45) is 0 Å². The highest BCUT2D eigenvalue weighted by Crippen LogP contribution is 2.19. The molecule has 0 atom stereocenters. The molecule has 0 spiro atoms. The number of aromatic nitrogens is 1. The molecule has 0 amide bonds. The van der Waals surface area contributed by atoms with E-state index in [4.69, 9.17) is 20.8 Å². The van der Waals surface area contributed by atoms with Gasteiger partial charge in [-0.05, 0) is 24.3 Å². The van der Waals surface area contributed by atoms with Crippen LogP contribution in [0.25, 0.3) is 10.9 Å². The first-order chi connectivity index (χ1) is 10.7. The molecule has 0 aliphatic heterocycles. The number of nitrogens with zero attached hydrogens (tertiary/aromatic N) is 1. The van der Waals surface area contributed by atoms with Gasteiger partial charge >= 0.3 is 11.4 Å². The first-order valence-corrected chi connectivity index (χ1v) is 7.04. The molecule has 112 valence electrons. The van der Waals surface area contributed by atoms with Gasteiger partial charge in [0, 0.05) is 0 Å². The minimum Gasteiger partial charge on any atom is -0.492 e. The van der Waals surface area contributed by atoms with Crippen LogP contribution >= 0.6 is 11.6 Å². The molecular formula is C16H12ClNO4. The van der Waals surface area contributed by atoms with Crippen LogP contribution < -0.4 is 16.1 Å². The second-order valence-electron chi connectivity index (χ2n) is 4.60. The molecule has 0 N–H and O–H groups in total. The predicted molar refractivity (Wildman–Crippen MR) is 83.7 cm³/mol. The fourth-order valence-electron chi connectivity index (χ4n) is 2.21. The normalized spacial score (nSPS) is 10.8. The molecule has 0 saturated heterocycles. The van der Waals surface area contributed by atoms with Crippen molar-refractivity contribution in [3.05, 3.63) is 74.5 Å². The number of fused-ring (bicyclic) bond motifs is 1. The molecule has 0 aliphatic rings. The van der Waals surface area contributed by atoms with Crippen molar-refractivity contribution in [2.45, 2.75) is 6.54 Å². The summed E-state index contributed by atoms with van der Waals surface area (Å²) in [5.74, 6) is -0.0504. The number of hydrogen-bond acceptors (Lipinski definition) is 4. The van der Waals surface area contributed by atoms with Gasteiger partial charge in [-0.3, -0.25) is 4.57 Å². The summed E-state index contributed by atoms with van der Waals surface area (Å²) in [6, 6.07) is 14.1. The lowest BCUT2D eigenvalue weighted by Gasteiger charge is -2.10. The van der Waals surface area contributed by atoms with E-state index in [1.54, 1.807) is 18.2 Å². The van der Waals surface area contributed by atoms with E-state index >= 15 is 0 Å². The molecule has 0 radical (unpaired) electrons. The van der Waals surface area contributed by atoms with E-state index in [1.165, 1.54) is 4.57 Å². The predicted octanol–water partition coefficient (Wildman–Crippen LogP) is 2.69. The van der Waals surface area contributed by atoms with Crippen LogP contribution in [-0.2, 0) is 6.54 Å². The Hall–Kier alpha value is -2.53. The molecule has 2 aromatic carbocycles. The van der Waals surface area contributed by atoms with Crippen molar-refractivity contribution in [2.75, 3.05) is 6.61 Å². The monoisotopic (exact) mass is 317 g/mol. The first-order valence-electron chi connectivity index (χ1n) is 6.67. The fourth-order valence-corrected chi connectivity index (χ4v) is 2.49. The van der Waals surface area contributed by atoms with E-state index in [-0.39, 0.29) is 18.5 Å². The largest absolute Gasteiger partial charge is 0.492 e. The number of benzene rings is 2. The van der Waals surface area contributed by atoms with Crippen LogP contribution in [-0.4, -0.2) is 11.2 Å². The zero-order valence-electron chi connectivity index (χ0n) is 11.5. The van der Waals surface area contributed by atoms with Crippen molar-refractivity contribution in [3.63, 3.8) is 0 Å². The molecular weight excluding hydrogens is 306 g/mol. The Labute approximate surface area is 130 Å². The van der Waals surface area contributed by atoms with Crippen molar-refractivity contribution in [3.8, 4) is 5.75 Å². The molecule has 0 aliphatic carbocycles. The smallest absolute Gasteiger partial charge is 0.422 e. The molecule has 22 heavy (non-hydrogen) atoms. The summed E-state index contributed by atoms with van der Waals surface area (Å²) in [7, 11) is 0. The SMILES string of the molecule is O=c1oc(=O)n(CCOc2ccccc2)c2c(Cl)cccc12. The number of para-hydroxylation sites is 2. The van der Waals surface area contributed by atoms with Crippen LogP contribution in [0.4, 0.5) is 0 Å². The minimum atomic E-state index is -0.748. The summed E-state index contributed by atoms with van der Waals surface area (Å²) >= 11 is 6.12. The molecule has 3 rings (SSSR count). The summed E-state index contributed by atoms with van der Waals surface area (Å²) in [6.07, 6.45) is 0. The molecule has 0 unspecified atom stereocenters. The molecule has 1 aromatic heterocycles. The molecule has 1 heterocycles. The summed E-state index contributed by atoms with van der Waals surface area (Å²) in [6.45, 7) is 0.468. The van der Waals surface area contributed by atoms with Gasteiger partial charge in [0.15, 0.2) is 0 Å². The van der Waals surface area contributed by atoms with Crippen molar-refractivity contribution in [1.29, 1.82) is 0 Å². The van der Waals surface area contributed by atoms with Crippen LogP contribution in [0.1, 0.15) is 0 Å². The van der Waals surface area contributed by atoms with Crippen LogP contribution in [0.15, 0.2) is 62.5 Å². The summed E-state index contributed by atoms with van der Waals surface area (Å²) < 4.78 is 11.6. The Balaban J connectivity index is 1.94. The Bertz CT molecular complexity index is 915. The summed E-state index contributed by atoms with van der Waals surface area (Å²) in [4.78, 5) is 23.7. The quantitative estimate of drug-likeness (QED) is 0.742. The summed E-state index contributed by atoms with van der Waals surface area (Å²) in [5.41, 5.74) is -0.329. The summed E-state index contributed by atoms with van der Waals surface area (Å²) in [5, 5.41) is 0.592. The van der Waals surface area contributed by atoms with Crippen molar-refractivity contribution < 1.29 is 9.15 Å². The standard InChI is InChI=1S/C16H12ClNO4/c17-13-8-4-7-12-14(13)18(16(20)22-15(12)19)9-10-21-11-5-2-1-3-6-11/h1-8H,9-10H2. The molecule has 6 heteroatoms. The van der Waals surface area contributed by atoms with Gasteiger partial charge in [0.25, 0.3) is 0 Å². The van der Waals surface area contributed by atoms with Crippen LogP contribution in [0.5, 0.6) is 5.75 Å². The highest BCUT2D eigenvalue weighted by Gasteiger charge is 2.12. The Morgan fingerprint density at radius 1 is 1.05 bits per heavy atom. The lowest BCUT2D eigenvalue weighted by Crippen LogP contribution is -2.27. The maximum Gasteiger partial charge on any atom is 0.422 e. The third kappa shape index (κ3) is 2.76. The highest BCUT2D eigenvalue weighted by atomic mass is 35.5. The average Bonchev–Trinajstić information content (AvgIpc) is 2.52. The Kier molecular flexibility index (Phi) is 3.98. The Morgan fingerprint density at radius 2 is 1.82 bits per heavy atom. The molecule has 0 fully saturated rings. The lowest BCUT2D eigenvalue weighted by atomic mass is 10.2. The van der Waals surface area contributed by atoms with E-state index in [0.29, 0.717) is 16.3 Å². The Morgan fingerprint density at radius 3 is 2.59 bits per heavy atom. The van der Waals surface area contributed by atoms with Crippen LogP contribution in [0.3, 0.4) is 0 Å². The van der Waals surface area contributed by atoms with Gasteiger partial charge in [0.2, 0.25) is 0 Å². The van der Waals surface area contributed by atoms with Gasteiger partial charge in [-0.25, -0.2) is 9.59 Å². The first kappa shape index (κ1) is 14.4. The number of rotatable bonds is 4. The van der Waals surface area contributed by atoms with E-state index in [0.717, 1.165) is 0 Å². The lowest BCUT2D eigenvalue weighted by molar-refractivity contribution is 0.287. The van der Waals surface area contributed by atoms with Gasteiger partial charge in [-0.15, -0.1) is 0 Å².